The van der Waals surface area contributed by atoms with Gasteiger partial charge in [-0.2, -0.15) is 13.2 Å². The van der Waals surface area contributed by atoms with Crippen LogP contribution in [0, 0.1) is 5.41 Å². The van der Waals surface area contributed by atoms with E-state index in [1.165, 1.54) is 0 Å². The molecule has 0 saturated carbocycles. The summed E-state index contributed by atoms with van der Waals surface area (Å²) in [6.07, 6.45) is -5.43. The van der Waals surface area contributed by atoms with Crippen LogP contribution in [-0.2, 0) is 19.1 Å². The van der Waals surface area contributed by atoms with E-state index >= 15 is 0 Å². The maximum Gasteiger partial charge on any atom is 0.490 e. The molecule has 0 spiro atoms. The molecule has 15 heteroatoms. The Labute approximate surface area is 229 Å². The van der Waals surface area contributed by atoms with Crippen molar-refractivity contribution in [3.63, 3.8) is 0 Å². The fourth-order valence-electron chi connectivity index (χ4n) is 2.81. The van der Waals surface area contributed by atoms with Gasteiger partial charge in [-0.1, -0.05) is 6.07 Å². The zero-order valence-corrected chi connectivity index (χ0v) is 22.4. The molecule has 0 aromatic heterocycles. The molecule has 3 amide bonds. The second kappa shape index (κ2) is 15.4. The monoisotopic (exact) mass is 617 g/mol. The predicted octanol–water partition coefficient (Wildman–Crippen LogP) is 2.95. The molecule has 2 aromatic rings. The van der Waals surface area contributed by atoms with Gasteiger partial charge in [-0.15, -0.1) is 0 Å². The van der Waals surface area contributed by atoms with Gasteiger partial charge in [-0.25, -0.2) is 4.79 Å². The maximum absolute atomic E-state index is 12.3. The number of hydrogen-bond donors (Lipinski definition) is 6. The van der Waals surface area contributed by atoms with E-state index in [0.717, 1.165) is 5.56 Å². The van der Waals surface area contributed by atoms with E-state index in [9.17, 15) is 27.6 Å². The van der Waals surface area contributed by atoms with Crippen molar-refractivity contribution in [2.45, 2.75) is 25.6 Å². The Morgan fingerprint density at radius 3 is 2.18 bits per heavy atom. The van der Waals surface area contributed by atoms with Crippen LogP contribution in [0.15, 0.2) is 46.9 Å². The van der Waals surface area contributed by atoms with Gasteiger partial charge in [0.05, 0.1) is 18.2 Å². The number of alkyl halides is 3. The Hall–Kier alpha value is -3.98. The number of nitrogen functional groups attached to an aromatic ring is 1. The van der Waals surface area contributed by atoms with Crippen molar-refractivity contribution < 1.29 is 42.2 Å². The van der Waals surface area contributed by atoms with Gasteiger partial charge in [0.25, 0.3) is 5.91 Å². The van der Waals surface area contributed by atoms with Crippen LogP contribution < -0.4 is 21.7 Å². The first-order valence-corrected chi connectivity index (χ1v) is 11.8. The summed E-state index contributed by atoms with van der Waals surface area (Å²) in [5.74, 6) is -3.96. The van der Waals surface area contributed by atoms with Crippen molar-refractivity contribution in [3.8, 4) is 0 Å². The highest BCUT2D eigenvalue weighted by Crippen LogP contribution is 2.23. The van der Waals surface area contributed by atoms with Gasteiger partial charge in [0, 0.05) is 29.4 Å². The molecule has 0 aliphatic carbocycles. The average Bonchev–Trinajstić information content (AvgIpc) is 2.83. The third-order valence-corrected chi connectivity index (χ3v) is 5.41. The predicted molar refractivity (Wildman–Crippen MR) is 139 cm³/mol. The molecule has 0 heterocycles. The number of halogens is 4. The molecular formula is C24H27BrF3N5O6. The summed E-state index contributed by atoms with van der Waals surface area (Å²) in [4.78, 5) is 45.5. The molecule has 1 atom stereocenters. The lowest BCUT2D eigenvalue weighted by Gasteiger charge is -2.16. The molecule has 7 N–H and O–H groups in total. The van der Waals surface area contributed by atoms with Crippen molar-refractivity contribution in [2.75, 3.05) is 25.6 Å². The largest absolute Gasteiger partial charge is 0.490 e. The second-order valence-electron chi connectivity index (χ2n) is 7.80. The third kappa shape index (κ3) is 12.0. The number of benzene rings is 2. The van der Waals surface area contributed by atoms with Crippen LogP contribution in [-0.4, -0.2) is 61.1 Å². The Morgan fingerprint density at radius 2 is 1.69 bits per heavy atom. The molecule has 0 aliphatic heterocycles. The molecular weight excluding hydrogens is 591 g/mol. The van der Waals surface area contributed by atoms with Gasteiger partial charge in [-0.3, -0.25) is 19.8 Å². The lowest BCUT2D eigenvalue weighted by atomic mass is 10.1. The van der Waals surface area contributed by atoms with E-state index in [-0.39, 0.29) is 24.2 Å². The van der Waals surface area contributed by atoms with E-state index in [2.05, 4.69) is 31.9 Å². The summed E-state index contributed by atoms with van der Waals surface area (Å²) >= 11 is 3.39. The number of methoxy groups -OCH3 is 1. The summed E-state index contributed by atoms with van der Waals surface area (Å²) in [7, 11) is 1.56. The second-order valence-corrected chi connectivity index (χ2v) is 8.65. The first-order valence-electron chi connectivity index (χ1n) is 11.1. The van der Waals surface area contributed by atoms with E-state index in [4.69, 9.17) is 25.8 Å². The maximum atomic E-state index is 12.3. The first-order chi connectivity index (χ1) is 18.1. The quantitative estimate of drug-likeness (QED) is 0.102. The van der Waals surface area contributed by atoms with Crippen molar-refractivity contribution >= 4 is 51.1 Å². The number of amidine groups is 1. The minimum atomic E-state index is -5.08. The highest BCUT2D eigenvalue weighted by molar-refractivity contribution is 9.10. The van der Waals surface area contributed by atoms with Gasteiger partial charge in [-0.05, 0) is 64.8 Å². The van der Waals surface area contributed by atoms with Crippen LogP contribution in [0.2, 0.25) is 0 Å². The van der Waals surface area contributed by atoms with Gasteiger partial charge in [0.2, 0.25) is 11.8 Å². The number of carboxylic acids is 1. The van der Waals surface area contributed by atoms with Crippen LogP contribution in [0.25, 0.3) is 0 Å². The van der Waals surface area contributed by atoms with Crippen LogP contribution >= 0.6 is 15.9 Å². The van der Waals surface area contributed by atoms with Crippen molar-refractivity contribution in [1.82, 2.24) is 10.6 Å². The Kier molecular flexibility index (Phi) is 13.1. The summed E-state index contributed by atoms with van der Waals surface area (Å²) < 4.78 is 37.2. The minimum Gasteiger partial charge on any atom is -0.475 e. The van der Waals surface area contributed by atoms with Gasteiger partial charge >= 0.3 is 12.1 Å². The number of nitrogens with two attached hydrogens (primary N) is 1. The Morgan fingerprint density at radius 1 is 1.10 bits per heavy atom. The fraction of sp³-hybridized carbons (Fsp3) is 0.292. The number of anilines is 1. The highest BCUT2D eigenvalue weighted by atomic mass is 79.9. The van der Waals surface area contributed by atoms with Gasteiger partial charge < -0.3 is 31.5 Å². The van der Waals surface area contributed by atoms with Gasteiger partial charge in [0.1, 0.15) is 12.3 Å². The molecule has 0 bridgehead atoms. The zero-order valence-electron chi connectivity index (χ0n) is 20.8. The van der Waals surface area contributed by atoms with E-state index in [0.29, 0.717) is 34.4 Å². The van der Waals surface area contributed by atoms with Gasteiger partial charge in [0.15, 0.2) is 0 Å². The molecule has 0 radical (unpaired) electrons. The molecule has 0 aliphatic rings. The summed E-state index contributed by atoms with van der Waals surface area (Å²) in [6.45, 7) is 2.61. The lowest BCUT2D eigenvalue weighted by Crippen LogP contribution is -2.30. The van der Waals surface area contributed by atoms with Crippen LogP contribution in [0.4, 0.5) is 18.9 Å². The number of rotatable bonds is 10. The first kappa shape index (κ1) is 33.0. The molecule has 0 fully saturated rings. The molecule has 212 valence electrons. The zero-order chi connectivity index (χ0) is 29.8. The van der Waals surface area contributed by atoms with Crippen LogP contribution in [0.3, 0.4) is 0 Å². The Bertz CT molecular complexity index is 1190. The normalized spacial score (nSPS) is 11.3. The summed E-state index contributed by atoms with van der Waals surface area (Å²) in [6, 6.07) is 11.2. The molecule has 1 unspecified atom stereocenters. The standard InChI is InChI=1S/C22H26BrN5O4.C2HF3O2/c1-13(15-5-8-17(18(23)11-15)22(31)26-9-10-32-2)27-19(29)12-20(30)28-16-6-3-14(4-7-16)21(24)25;3-2(4,5)1(6)7/h3-8,11,13H,9-10,12H2,1-2H3,(H3,24,25)(H,26,31)(H,27,29)(H,28,30);(H,6,7). The lowest BCUT2D eigenvalue weighted by molar-refractivity contribution is -0.192. The summed E-state index contributed by atoms with van der Waals surface area (Å²) in [5.41, 5.74) is 7.69. The number of hydrogen-bond acceptors (Lipinski definition) is 6. The smallest absolute Gasteiger partial charge is 0.475 e. The van der Waals surface area contributed by atoms with Crippen LogP contribution in [0.5, 0.6) is 0 Å². The number of nitrogens with one attached hydrogen (secondary N) is 4. The number of amides is 3. The minimum absolute atomic E-state index is 0.0670. The van der Waals surface area contributed by atoms with Crippen LogP contribution in [0.1, 0.15) is 40.9 Å². The van der Waals surface area contributed by atoms with E-state index in [1.807, 2.05) is 0 Å². The average molecular weight is 618 g/mol. The number of aliphatic carboxylic acids is 1. The topological polar surface area (TPSA) is 184 Å². The summed E-state index contributed by atoms with van der Waals surface area (Å²) in [5, 5.41) is 22.6. The fourth-order valence-corrected chi connectivity index (χ4v) is 3.38. The molecule has 2 rings (SSSR count). The highest BCUT2D eigenvalue weighted by Gasteiger charge is 2.38. The number of carbonyl (C=O) groups excluding carboxylic acids is 3. The SMILES string of the molecule is COCCNC(=O)c1ccc(C(C)NC(=O)CC(=O)Nc2ccc(C(=N)N)cc2)cc1Br.O=C(O)C(F)(F)F. The van der Waals surface area contributed by atoms with Crippen molar-refractivity contribution in [3.05, 3.63) is 63.6 Å². The van der Waals surface area contributed by atoms with Crippen molar-refractivity contribution in [1.29, 1.82) is 5.41 Å². The van der Waals surface area contributed by atoms with E-state index < -0.39 is 24.0 Å². The van der Waals surface area contributed by atoms with E-state index in [1.54, 1.807) is 56.5 Å². The molecule has 39 heavy (non-hydrogen) atoms. The number of carboxylic acid groups (broad SMARTS) is 1. The molecule has 2 aromatic carbocycles. The molecule has 0 saturated heterocycles. The van der Waals surface area contributed by atoms with Crippen molar-refractivity contribution in [2.24, 2.45) is 5.73 Å². The molecule has 11 nitrogen and oxygen atoms in total. The third-order valence-electron chi connectivity index (χ3n) is 4.75. The number of carbonyl (C=O) groups is 4. The Balaban J connectivity index is 0.000000956. The number of ether oxygens (including phenoxy) is 1.